The normalized spacial score (nSPS) is 11.3. The Morgan fingerprint density at radius 3 is 2.63 bits per heavy atom. The lowest BCUT2D eigenvalue weighted by atomic mass is 10.2. The first kappa shape index (κ1) is 16.2. The molecule has 0 saturated heterocycles. The molecule has 0 saturated carbocycles. The van der Waals surface area contributed by atoms with Crippen molar-refractivity contribution in [1.29, 1.82) is 0 Å². The monoisotopic (exact) mass is 325 g/mol. The van der Waals surface area contributed by atoms with Crippen LogP contribution in [0.4, 0.5) is 0 Å². The highest BCUT2D eigenvalue weighted by Crippen LogP contribution is 2.21. The van der Waals surface area contributed by atoms with Crippen molar-refractivity contribution in [3.05, 3.63) is 28.8 Å². The summed E-state index contributed by atoms with van der Waals surface area (Å²) in [6.45, 7) is 3.10. The SMILES string of the molecule is CCOCCNC(=O)c1cc(Cl)cc(S(=O)(=O)Cl)c1. The number of carbonyl (C=O) groups is 1. The van der Waals surface area contributed by atoms with E-state index < -0.39 is 15.0 Å². The third-order valence-electron chi connectivity index (χ3n) is 2.15. The maximum atomic E-state index is 11.8. The maximum absolute atomic E-state index is 11.8. The molecule has 0 atom stereocenters. The van der Waals surface area contributed by atoms with Crippen molar-refractivity contribution in [2.75, 3.05) is 19.8 Å². The molecule has 1 aromatic carbocycles. The summed E-state index contributed by atoms with van der Waals surface area (Å²) >= 11 is 5.76. The van der Waals surface area contributed by atoms with E-state index in [0.717, 1.165) is 0 Å². The Hall–Kier alpha value is -0.820. The van der Waals surface area contributed by atoms with Crippen LogP contribution in [-0.4, -0.2) is 34.1 Å². The minimum atomic E-state index is -3.93. The number of halogens is 2. The van der Waals surface area contributed by atoms with Gasteiger partial charge in [-0.05, 0) is 25.1 Å². The van der Waals surface area contributed by atoms with Gasteiger partial charge in [0, 0.05) is 34.4 Å². The van der Waals surface area contributed by atoms with Crippen molar-refractivity contribution in [3.8, 4) is 0 Å². The highest BCUT2D eigenvalue weighted by molar-refractivity contribution is 8.13. The van der Waals surface area contributed by atoms with Gasteiger partial charge >= 0.3 is 0 Å². The molecule has 5 nitrogen and oxygen atoms in total. The molecule has 0 spiro atoms. The van der Waals surface area contributed by atoms with E-state index in [1.165, 1.54) is 18.2 Å². The first-order valence-corrected chi connectivity index (χ1v) is 8.14. The lowest BCUT2D eigenvalue weighted by molar-refractivity contribution is 0.0922. The van der Waals surface area contributed by atoms with E-state index in [1.54, 1.807) is 0 Å². The zero-order valence-electron chi connectivity index (χ0n) is 10.2. The first-order chi connectivity index (χ1) is 8.84. The summed E-state index contributed by atoms with van der Waals surface area (Å²) in [7, 11) is 1.29. The largest absolute Gasteiger partial charge is 0.380 e. The number of amides is 1. The molecule has 1 rings (SSSR count). The predicted octanol–water partition coefficient (Wildman–Crippen LogP) is 2.03. The minimum absolute atomic E-state index is 0.122. The van der Waals surface area contributed by atoms with Gasteiger partial charge in [-0.2, -0.15) is 0 Å². The number of benzene rings is 1. The molecule has 0 aliphatic rings. The van der Waals surface area contributed by atoms with Gasteiger partial charge in [-0.1, -0.05) is 11.6 Å². The molecule has 0 aromatic heterocycles. The first-order valence-electron chi connectivity index (χ1n) is 5.45. The molecule has 0 fully saturated rings. The molecule has 0 unspecified atom stereocenters. The van der Waals surface area contributed by atoms with Crippen LogP contribution in [0, 0.1) is 0 Å². The van der Waals surface area contributed by atoms with Crippen LogP contribution in [0.25, 0.3) is 0 Å². The Kier molecular flexibility index (Phi) is 6.06. The van der Waals surface area contributed by atoms with Crippen LogP contribution in [0.5, 0.6) is 0 Å². The third kappa shape index (κ3) is 5.36. The Labute approximate surface area is 121 Å². The Bertz CT molecular complexity index is 560. The molecule has 0 heterocycles. The van der Waals surface area contributed by atoms with Crippen molar-refractivity contribution in [3.63, 3.8) is 0 Å². The van der Waals surface area contributed by atoms with Crippen LogP contribution in [0.3, 0.4) is 0 Å². The second-order valence-electron chi connectivity index (χ2n) is 3.57. The van der Waals surface area contributed by atoms with Gasteiger partial charge in [0.15, 0.2) is 0 Å². The summed E-state index contributed by atoms with van der Waals surface area (Å²) in [5.74, 6) is -0.441. The smallest absolute Gasteiger partial charge is 0.261 e. The zero-order chi connectivity index (χ0) is 14.5. The average molecular weight is 326 g/mol. The molecule has 0 radical (unpaired) electrons. The van der Waals surface area contributed by atoms with Crippen molar-refractivity contribution in [2.24, 2.45) is 0 Å². The van der Waals surface area contributed by atoms with Crippen LogP contribution in [0.15, 0.2) is 23.1 Å². The third-order valence-corrected chi connectivity index (χ3v) is 3.70. The predicted molar refractivity (Wildman–Crippen MR) is 73.3 cm³/mol. The van der Waals surface area contributed by atoms with E-state index in [4.69, 9.17) is 27.0 Å². The molecule has 106 valence electrons. The van der Waals surface area contributed by atoms with Gasteiger partial charge in [0.1, 0.15) is 0 Å². The number of hydrogen-bond donors (Lipinski definition) is 1. The number of carbonyl (C=O) groups excluding carboxylic acids is 1. The summed E-state index contributed by atoms with van der Waals surface area (Å²) in [4.78, 5) is 11.6. The van der Waals surface area contributed by atoms with Crippen molar-refractivity contribution < 1.29 is 17.9 Å². The minimum Gasteiger partial charge on any atom is -0.380 e. The summed E-state index contributed by atoms with van der Waals surface area (Å²) < 4.78 is 27.5. The number of rotatable bonds is 6. The number of nitrogens with one attached hydrogen (secondary N) is 1. The number of ether oxygens (including phenoxy) is 1. The highest BCUT2D eigenvalue weighted by atomic mass is 35.7. The van der Waals surface area contributed by atoms with Crippen molar-refractivity contribution >= 4 is 37.2 Å². The van der Waals surface area contributed by atoms with Crippen LogP contribution in [-0.2, 0) is 13.8 Å². The van der Waals surface area contributed by atoms with Gasteiger partial charge in [0.05, 0.1) is 11.5 Å². The van der Waals surface area contributed by atoms with Gasteiger partial charge < -0.3 is 10.1 Å². The lowest BCUT2D eigenvalue weighted by Gasteiger charge is -2.07. The molecular weight excluding hydrogens is 313 g/mol. The molecular formula is C11H13Cl2NO4S. The van der Waals surface area contributed by atoms with Crippen LogP contribution in [0.2, 0.25) is 5.02 Å². The van der Waals surface area contributed by atoms with E-state index in [-0.39, 0.29) is 15.5 Å². The Balaban J connectivity index is 2.83. The Morgan fingerprint density at radius 2 is 2.05 bits per heavy atom. The van der Waals surface area contributed by atoms with E-state index in [2.05, 4.69) is 5.32 Å². The summed E-state index contributed by atoms with van der Waals surface area (Å²) in [5, 5.41) is 2.70. The fourth-order valence-electron chi connectivity index (χ4n) is 1.32. The molecule has 8 heteroatoms. The standard InChI is InChI=1S/C11H13Cl2NO4S/c1-2-18-4-3-14-11(15)8-5-9(12)7-10(6-8)19(13,16)17/h5-7H,2-4H2,1H3,(H,14,15). The molecule has 1 aromatic rings. The average Bonchev–Trinajstić information content (AvgIpc) is 2.32. The quantitative estimate of drug-likeness (QED) is 0.641. The van der Waals surface area contributed by atoms with Crippen LogP contribution >= 0.6 is 22.3 Å². The zero-order valence-corrected chi connectivity index (χ0v) is 12.5. The topological polar surface area (TPSA) is 72.5 Å². The van der Waals surface area contributed by atoms with Crippen LogP contribution < -0.4 is 5.32 Å². The van der Waals surface area contributed by atoms with Gasteiger partial charge in [-0.15, -0.1) is 0 Å². The molecule has 0 bridgehead atoms. The van der Waals surface area contributed by atoms with E-state index in [9.17, 15) is 13.2 Å². The van der Waals surface area contributed by atoms with E-state index >= 15 is 0 Å². The summed E-state index contributed by atoms with van der Waals surface area (Å²) in [6, 6.07) is 3.72. The van der Waals surface area contributed by atoms with Gasteiger partial charge in [-0.25, -0.2) is 8.42 Å². The van der Waals surface area contributed by atoms with Gasteiger partial charge in [0.25, 0.3) is 15.0 Å². The molecule has 1 N–H and O–H groups in total. The lowest BCUT2D eigenvalue weighted by Crippen LogP contribution is -2.27. The molecule has 19 heavy (non-hydrogen) atoms. The summed E-state index contributed by atoms with van der Waals surface area (Å²) in [5.41, 5.74) is 0.128. The van der Waals surface area contributed by atoms with E-state index in [0.29, 0.717) is 19.8 Å². The fraction of sp³-hybridized carbons (Fsp3) is 0.364. The molecule has 0 aliphatic heterocycles. The van der Waals surface area contributed by atoms with E-state index in [1.807, 2.05) is 6.92 Å². The van der Waals surface area contributed by atoms with Gasteiger partial charge in [0.2, 0.25) is 0 Å². The maximum Gasteiger partial charge on any atom is 0.261 e. The molecule has 1 amide bonds. The summed E-state index contributed by atoms with van der Waals surface area (Å²) in [6.07, 6.45) is 0. The second-order valence-corrected chi connectivity index (χ2v) is 6.57. The fourth-order valence-corrected chi connectivity index (χ4v) is 2.42. The Morgan fingerprint density at radius 1 is 1.37 bits per heavy atom. The number of hydrogen-bond acceptors (Lipinski definition) is 4. The van der Waals surface area contributed by atoms with Crippen LogP contribution in [0.1, 0.15) is 17.3 Å². The van der Waals surface area contributed by atoms with Crippen molar-refractivity contribution in [2.45, 2.75) is 11.8 Å². The highest BCUT2D eigenvalue weighted by Gasteiger charge is 2.15. The van der Waals surface area contributed by atoms with Crippen molar-refractivity contribution in [1.82, 2.24) is 5.32 Å². The second kappa shape index (κ2) is 7.09. The molecule has 0 aliphatic carbocycles. The van der Waals surface area contributed by atoms with Gasteiger partial charge in [-0.3, -0.25) is 4.79 Å².